The van der Waals surface area contributed by atoms with E-state index in [-0.39, 0.29) is 11.9 Å². The fraction of sp³-hybridized carbons (Fsp3) is 0.316. The molecule has 1 N–H and O–H groups in total. The quantitative estimate of drug-likeness (QED) is 0.810. The van der Waals surface area contributed by atoms with Crippen molar-refractivity contribution in [2.75, 3.05) is 13.1 Å². The predicted molar refractivity (Wildman–Crippen MR) is 101 cm³/mol. The van der Waals surface area contributed by atoms with E-state index in [1.807, 2.05) is 24.3 Å². The first-order chi connectivity index (χ1) is 11.7. The van der Waals surface area contributed by atoms with Crippen LogP contribution in [0, 0.1) is 0 Å². The number of nitrogens with zero attached hydrogens (tertiary/aromatic N) is 1. The Hall–Kier alpha value is -1.62. The number of carbonyl (C=O) groups excluding carboxylic acids is 1. The summed E-state index contributed by atoms with van der Waals surface area (Å²) in [6, 6.07) is 14.5. The van der Waals surface area contributed by atoms with E-state index in [1.54, 1.807) is 6.08 Å². The van der Waals surface area contributed by atoms with E-state index in [9.17, 15) is 4.79 Å². The molecule has 0 radical (unpaired) electrons. The molecule has 0 atom stereocenters. The van der Waals surface area contributed by atoms with Gasteiger partial charge in [0.05, 0.1) is 4.34 Å². The molecule has 0 saturated carbocycles. The van der Waals surface area contributed by atoms with Crippen molar-refractivity contribution in [2.45, 2.75) is 25.4 Å². The minimum absolute atomic E-state index is 0.0268. The molecule has 24 heavy (non-hydrogen) atoms. The molecule has 1 aliphatic rings. The first-order valence-electron chi connectivity index (χ1n) is 8.19. The molecule has 2 aromatic rings. The highest BCUT2D eigenvalue weighted by Crippen LogP contribution is 2.22. The van der Waals surface area contributed by atoms with Gasteiger partial charge in [-0.15, -0.1) is 11.3 Å². The van der Waals surface area contributed by atoms with Gasteiger partial charge in [-0.1, -0.05) is 41.9 Å². The SMILES string of the molecule is O=C(/C=C/c1ccc(Cl)s1)NC1CCN(Cc2ccccc2)CC1. The van der Waals surface area contributed by atoms with Crippen LogP contribution in [-0.4, -0.2) is 29.9 Å². The van der Waals surface area contributed by atoms with Gasteiger partial charge in [0.1, 0.15) is 0 Å². The molecule has 1 amide bonds. The summed E-state index contributed by atoms with van der Waals surface area (Å²) >= 11 is 7.35. The van der Waals surface area contributed by atoms with E-state index in [0.717, 1.165) is 41.7 Å². The topological polar surface area (TPSA) is 32.3 Å². The number of rotatable bonds is 5. The molecular weight excluding hydrogens is 340 g/mol. The Bertz CT molecular complexity index is 690. The van der Waals surface area contributed by atoms with Crippen LogP contribution in [-0.2, 0) is 11.3 Å². The van der Waals surface area contributed by atoms with Gasteiger partial charge in [-0.05, 0) is 36.6 Å². The second kappa shape index (κ2) is 8.47. The molecule has 0 unspecified atom stereocenters. The maximum absolute atomic E-state index is 12.0. The molecule has 0 spiro atoms. The predicted octanol–water partition coefficient (Wildman–Crippen LogP) is 4.20. The van der Waals surface area contributed by atoms with Crippen LogP contribution in [0.25, 0.3) is 6.08 Å². The van der Waals surface area contributed by atoms with Gasteiger partial charge < -0.3 is 5.32 Å². The third kappa shape index (κ3) is 5.20. The van der Waals surface area contributed by atoms with Crippen LogP contribution >= 0.6 is 22.9 Å². The summed E-state index contributed by atoms with van der Waals surface area (Å²) in [4.78, 5) is 15.5. The smallest absolute Gasteiger partial charge is 0.244 e. The monoisotopic (exact) mass is 360 g/mol. The van der Waals surface area contributed by atoms with E-state index < -0.39 is 0 Å². The molecule has 1 aromatic heterocycles. The van der Waals surface area contributed by atoms with Crippen molar-refractivity contribution in [1.82, 2.24) is 10.2 Å². The van der Waals surface area contributed by atoms with Gasteiger partial charge >= 0.3 is 0 Å². The minimum atomic E-state index is -0.0268. The number of nitrogens with one attached hydrogen (secondary N) is 1. The summed E-state index contributed by atoms with van der Waals surface area (Å²) in [5.41, 5.74) is 1.34. The molecule has 1 fully saturated rings. The fourth-order valence-corrected chi connectivity index (χ4v) is 3.87. The summed E-state index contributed by atoms with van der Waals surface area (Å²) in [7, 11) is 0. The zero-order valence-electron chi connectivity index (χ0n) is 13.5. The number of benzene rings is 1. The van der Waals surface area contributed by atoms with E-state index in [0.29, 0.717) is 0 Å². The summed E-state index contributed by atoms with van der Waals surface area (Å²) in [5.74, 6) is -0.0268. The molecule has 1 saturated heterocycles. The zero-order chi connectivity index (χ0) is 16.8. The lowest BCUT2D eigenvalue weighted by molar-refractivity contribution is -0.117. The maximum atomic E-state index is 12.0. The Kier molecular flexibility index (Phi) is 6.07. The lowest BCUT2D eigenvalue weighted by Gasteiger charge is -2.32. The van der Waals surface area contributed by atoms with Crippen molar-refractivity contribution in [1.29, 1.82) is 0 Å². The van der Waals surface area contributed by atoms with E-state index in [4.69, 9.17) is 11.6 Å². The van der Waals surface area contributed by atoms with Gasteiger partial charge in [-0.2, -0.15) is 0 Å². The van der Waals surface area contributed by atoms with Crippen molar-refractivity contribution in [3.05, 3.63) is 63.3 Å². The van der Waals surface area contributed by atoms with Crippen molar-refractivity contribution >= 4 is 34.9 Å². The second-order valence-electron chi connectivity index (χ2n) is 6.02. The van der Waals surface area contributed by atoms with Gasteiger partial charge in [0.15, 0.2) is 0 Å². The molecule has 5 heteroatoms. The molecule has 3 nitrogen and oxygen atoms in total. The van der Waals surface area contributed by atoms with Gasteiger partial charge in [-0.25, -0.2) is 0 Å². The summed E-state index contributed by atoms with van der Waals surface area (Å²) < 4.78 is 0.737. The molecule has 126 valence electrons. The number of thiophene rings is 1. The number of halogens is 1. The van der Waals surface area contributed by atoms with Crippen molar-refractivity contribution < 1.29 is 4.79 Å². The summed E-state index contributed by atoms with van der Waals surface area (Å²) in [6.07, 6.45) is 5.41. The average molecular weight is 361 g/mol. The van der Waals surface area contributed by atoms with Crippen molar-refractivity contribution in [3.8, 4) is 0 Å². The van der Waals surface area contributed by atoms with Crippen molar-refractivity contribution in [3.63, 3.8) is 0 Å². The molecule has 0 aliphatic carbocycles. The lowest BCUT2D eigenvalue weighted by atomic mass is 10.0. The number of carbonyl (C=O) groups is 1. The third-order valence-corrected chi connectivity index (χ3v) is 5.37. The van der Waals surface area contributed by atoms with Crippen LogP contribution in [0.15, 0.2) is 48.5 Å². The minimum Gasteiger partial charge on any atom is -0.350 e. The van der Waals surface area contributed by atoms with Crippen LogP contribution in [0.3, 0.4) is 0 Å². The normalized spacial score (nSPS) is 16.5. The summed E-state index contributed by atoms with van der Waals surface area (Å²) in [5, 5.41) is 3.10. The molecule has 1 aromatic carbocycles. The number of hydrogen-bond acceptors (Lipinski definition) is 3. The number of amides is 1. The number of piperidine rings is 1. The third-order valence-electron chi connectivity index (χ3n) is 4.18. The Balaban J connectivity index is 1.42. The van der Waals surface area contributed by atoms with Crippen LogP contribution in [0.2, 0.25) is 4.34 Å². The van der Waals surface area contributed by atoms with E-state index in [2.05, 4.69) is 34.5 Å². The Morgan fingerprint density at radius 1 is 1.21 bits per heavy atom. The highest BCUT2D eigenvalue weighted by atomic mass is 35.5. The Labute approximate surface area is 151 Å². The zero-order valence-corrected chi connectivity index (χ0v) is 15.0. The molecule has 3 rings (SSSR count). The summed E-state index contributed by atoms with van der Waals surface area (Å²) in [6.45, 7) is 3.02. The lowest BCUT2D eigenvalue weighted by Crippen LogP contribution is -2.43. The molecule has 1 aliphatic heterocycles. The number of hydrogen-bond donors (Lipinski definition) is 1. The van der Waals surface area contributed by atoms with Crippen molar-refractivity contribution in [2.24, 2.45) is 0 Å². The maximum Gasteiger partial charge on any atom is 0.244 e. The molecule has 2 heterocycles. The Morgan fingerprint density at radius 2 is 1.96 bits per heavy atom. The van der Waals surface area contributed by atoms with Gasteiger partial charge in [0.25, 0.3) is 0 Å². The average Bonchev–Trinajstić information content (AvgIpc) is 3.01. The highest BCUT2D eigenvalue weighted by Gasteiger charge is 2.19. The van der Waals surface area contributed by atoms with E-state index >= 15 is 0 Å². The van der Waals surface area contributed by atoms with Crippen LogP contribution in [0.4, 0.5) is 0 Å². The van der Waals surface area contributed by atoms with Gasteiger partial charge in [0, 0.05) is 36.6 Å². The van der Waals surface area contributed by atoms with Crippen LogP contribution < -0.4 is 5.32 Å². The number of likely N-dealkylation sites (tertiary alicyclic amines) is 1. The second-order valence-corrected chi connectivity index (χ2v) is 7.77. The van der Waals surface area contributed by atoms with E-state index in [1.165, 1.54) is 16.9 Å². The highest BCUT2D eigenvalue weighted by molar-refractivity contribution is 7.17. The largest absolute Gasteiger partial charge is 0.350 e. The van der Waals surface area contributed by atoms with Crippen LogP contribution in [0.1, 0.15) is 23.3 Å². The molecular formula is C19H21ClN2OS. The standard InChI is InChI=1S/C19H21ClN2OS/c20-18-8-6-17(24-18)7-9-19(23)21-16-10-12-22(13-11-16)14-15-4-2-1-3-5-15/h1-9,16H,10-14H2,(H,21,23)/b9-7+. The van der Waals surface area contributed by atoms with Crippen LogP contribution in [0.5, 0.6) is 0 Å². The molecule has 0 bridgehead atoms. The first-order valence-corrected chi connectivity index (χ1v) is 9.39. The first kappa shape index (κ1) is 17.2. The van der Waals surface area contributed by atoms with Gasteiger partial charge in [0.2, 0.25) is 5.91 Å². The van der Waals surface area contributed by atoms with Gasteiger partial charge in [-0.3, -0.25) is 9.69 Å². The fourth-order valence-electron chi connectivity index (χ4n) is 2.90. The Morgan fingerprint density at radius 3 is 2.62 bits per heavy atom.